The maximum atomic E-state index is 12.3. The number of nitrogens with one attached hydrogen (secondary N) is 1. The molecule has 0 spiro atoms. The average molecular weight is 346 g/mol. The van der Waals surface area contributed by atoms with Crippen LogP contribution in [0.4, 0.5) is 0 Å². The summed E-state index contributed by atoms with van der Waals surface area (Å²) in [7, 11) is -3.86. The van der Waals surface area contributed by atoms with Gasteiger partial charge in [-0.3, -0.25) is 4.79 Å². The highest BCUT2D eigenvalue weighted by molar-refractivity contribution is 7.89. The van der Waals surface area contributed by atoms with Crippen LogP contribution in [0.1, 0.15) is 38.5 Å². The van der Waals surface area contributed by atoms with E-state index in [1.807, 2.05) is 0 Å². The molecule has 1 aliphatic rings. The fourth-order valence-corrected chi connectivity index (χ4v) is 4.15. The summed E-state index contributed by atoms with van der Waals surface area (Å²) in [5, 5.41) is 9.74. The van der Waals surface area contributed by atoms with Crippen molar-refractivity contribution in [1.82, 2.24) is 4.72 Å². The second-order valence-electron chi connectivity index (χ2n) is 5.71. The number of carboxylic acids is 1. The Balaban J connectivity index is 2.09. The number of hydrogen-bond acceptors (Lipinski definition) is 3. The summed E-state index contributed by atoms with van der Waals surface area (Å²) < 4.78 is 26.9. The van der Waals surface area contributed by atoms with E-state index in [4.69, 9.17) is 11.6 Å². The van der Waals surface area contributed by atoms with Gasteiger partial charge in [0.05, 0.1) is 4.90 Å². The van der Waals surface area contributed by atoms with Crippen LogP contribution in [0.25, 0.3) is 0 Å². The fourth-order valence-electron chi connectivity index (χ4n) is 2.82. The van der Waals surface area contributed by atoms with Crippen LogP contribution in [0.3, 0.4) is 0 Å². The SMILES string of the molecule is O=C(O)C(CC1CCCCC1)NS(=O)(=O)c1ccc(Cl)cc1. The van der Waals surface area contributed by atoms with E-state index in [2.05, 4.69) is 4.72 Å². The summed E-state index contributed by atoms with van der Waals surface area (Å²) in [6, 6.07) is 4.57. The first kappa shape index (κ1) is 17.2. The average Bonchev–Trinajstić information content (AvgIpc) is 2.48. The van der Waals surface area contributed by atoms with Gasteiger partial charge >= 0.3 is 5.97 Å². The van der Waals surface area contributed by atoms with Crippen LogP contribution in [0.15, 0.2) is 29.2 Å². The third-order valence-electron chi connectivity index (χ3n) is 4.01. The van der Waals surface area contributed by atoms with Crippen molar-refractivity contribution in [2.75, 3.05) is 0 Å². The lowest BCUT2D eigenvalue weighted by molar-refractivity contribution is -0.139. The highest BCUT2D eigenvalue weighted by Gasteiger charge is 2.28. The minimum Gasteiger partial charge on any atom is -0.480 e. The van der Waals surface area contributed by atoms with Crippen LogP contribution in [0.2, 0.25) is 5.02 Å². The fraction of sp³-hybridized carbons (Fsp3) is 0.533. The van der Waals surface area contributed by atoms with Gasteiger partial charge in [-0.1, -0.05) is 43.7 Å². The summed E-state index contributed by atoms with van der Waals surface area (Å²) in [6.07, 6.45) is 5.60. The number of carbonyl (C=O) groups is 1. The summed E-state index contributed by atoms with van der Waals surface area (Å²) in [5.41, 5.74) is 0. The van der Waals surface area contributed by atoms with E-state index in [-0.39, 0.29) is 10.8 Å². The van der Waals surface area contributed by atoms with Gasteiger partial charge in [-0.15, -0.1) is 0 Å². The molecule has 1 unspecified atom stereocenters. The number of rotatable bonds is 6. The molecule has 0 heterocycles. The first-order chi connectivity index (χ1) is 10.4. The molecule has 1 atom stereocenters. The Morgan fingerprint density at radius 3 is 2.36 bits per heavy atom. The minimum absolute atomic E-state index is 0.0202. The number of hydrogen-bond donors (Lipinski definition) is 2. The van der Waals surface area contributed by atoms with Crippen molar-refractivity contribution in [2.45, 2.75) is 49.5 Å². The van der Waals surface area contributed by atoms with E-state index < -0.39 is 22.0 Å². The molecule has 1 saturated carbocycles. The van der Waals surface area contributed by atoms with Gasteiger partial charge in [0, 0.05) is 5.02 Å². The van der Waals surface area contributed by atoms with Crippen molar-refractivity contribution in [1.29, 1.82) is 0 Å². The second kappa shape index (κ2) is 7.44. The molecule has 1 aromatic carbocycles. The van der Waals surface area contributed by atoms with Crippen molar-refractivity contribution < 1.29 is 18.3 Å². The first-order valence-electron chi connectivity index (χ1n) is 7.39. The first-order valence-corrected chi connectivity index (χ1v) is 9.25. The maximum absolute atomic E-state index is 12.3. The van der Waals surface area contributed by atoms with Gasteiger partial charge in [0.2, 0.25) is 10.0 Å². The normalized spacial score (nSPS) is 18.0. The number of aliphatic carboxylic acids is 1. The molecule has 2 N–H and O–H groups in total. The number of benzene rings is 1. The Labute approximate surface area is 135 Å². The molecular formula is C15H20ClNO4S. The third kappa shape index (κ3) is 4.69. The number of halogens is 1. The van der Waals surface area contributed by atoms with Gasteiger partial charge in [-0.25, -0.2) is 8.42 Å². The molecule has 0 amide bonds. The molecule has 22 heavy (non-hydrogen) atoms. The van der Waals surface area contributed by atoms with E-state index in [0.717, 1.165) is 25.7 Å². The van der Waals surface area contributed by atoms with E-state index in [0.29, 0.717) is 11.4 Å². The Kier molecular flexibility index (Phi) is 5.83. The molecule has 1 fully saturated rings. The lowest BCUT2D eigenvalue weighted by Crippen LogP contribution is -2.42. The molecular weight excluding hydrogens is 326 g/mol. The van der Waals surface area contributed by atoms with E-state index >= 15 is 0 Å². The van der Waals surface area contributed by atoms with Gasteiger partial charge in [-0.05, 0) is 36.6 Å². The van der Waals surface area contributed by atoms with Gasteiger partial charge in [0.1, 0.15) is 6.04 Å². The zero-order valence-electron chi connectivity index (χ0n) is 12.2. The highest BCUT2D eigenvalue weighted by Crippen LogP contribution is 2.28. The Morgan fingerprint density at radius 1 is 1.23 bits per heavy atom. The molecule has 0 saturated heterocycles. The lowest BCUT2D eigenvalue weighted by atomic mass is 9.85. The van der Waals surface area contributed by atoms with Crippen LogP contribution in [0, 0.1) is 5.92 Å². The van der Waals surface area contributed by atoms with Crippen molar-refractivity contribution >= 4 is 27.6 Å². The summed E-state index contributed by atoms with van der Waals surface area (Å²) in [4.78, 5) is 11.4. The summed E-state index contributed by atoms with van der Waals surface area (Å²) >= 11 is 5.74. The van der Waals surface area contributed by atoms with Gasteiger partial charge < -0.3 is 5.11 Å². The Hall–Kier alpha value is -1.11. The zero-order chi connectivity index (χ0) is 16.2. The zero-order valence-corrected chi connectivity index (χ0v) is 13.7. The Morgan fingerprint density at radius 2 is 1.82 bits per heavy atom. The molecule has 5 nitrogen and oxygen atoms in total. The van der Waals surface area contributed by atoms with Crippen molar-refractivity contribution in [3.63, 3.8) is 0 Å². The van der Waals surface area contributed by atoms with Crippen LogP contribution < -0.4 is 4.72 Å². The largest absolute Gasteiger partial charge is 0.480 e. The van der Waals surface area contributed by atoms with Crippen LogP contribution in [-0.4, -0.2) is 25.5 Å². The second-order valence-corrected chi connectivity index (χ2v) is 7.86. The topological polar surface area (TPSA) is 83.5 Å². The summed E-state index contributed by atoms with van der Waals surface area (Å²) in [5.74, 6) is -0.870. The predicted octanol–water partition coefficient (Wildman–Crippen LogP) is 3.04. The van der Waals surface area contributed by atoms with Crippen LogP contribution in [0.5, 0.6) is 0 Å². The van der Waals surface area contributed by atoms with E-state index in [1.165, 1.54) is 30.7 Å². The molecule has 1 aliphatic carbocycles. The van der Waals surface area contributed by atoms with Gasteiger partial charge in [-0.2, -0.15) is 4.72 Å². The van der Waals surface area contributed by atoms with Crippen molar-refractivity contribution in [3.8, 4) is 0 Å². The van der Waals surface area contributed by atoms with Crippen LogP contribution in [-0.2, 0) is 14.8 Å². The maximum Gasteiger partial charge on any atom is 0.321 e. The predicted molar refractivity (Wildman–Crippen MR) is 84.4 cm³/mol. The molecule has 122 valence electrons. The number of carboxylic acid groups (broad SMARTS) is 1. The quantitative estimate of drug-likeness (QED) is 0.830. The third-order valence-corrected chi connectivity index (χ3v) is 5.75. The van der Waals surface area contributed by atoms with Gasteiger partial charge in [0.15, 0.2) is 0 Å². The molecule has 1 aromatic rings. The summed E-state index contributed by atoms with van der Waals surface area (Å²) in [6.45, 7) is 0. The molecule has 0 aromatic heterocycles. The van der Waals surface area contributed by atoms with Crippen molar-refractivity contribution in [2.24, 2.45) is 5.92 Å². The molecule has 0 bridgehead atoms. The Bertz CT molecular complexity index is 609. The van der Waals surface area contributed by atoms with E-state index in [1.54, 1.807) is 0 Å². The number of sulfonamides is 1. The monoisotopic (exact) mass is 345 g/mol. The van der Waals surface area contributed by atoms with Crippen LogP contribution >= 0.6 is 11.6 Å². The van der Waals surface area contributed by atoms with E-state index in [9.17, 15) is 18.3 Å². The lowest BCUT2D eigenvalue weighted by Gasteiger charge is -2.25. The van der Waals surface area contributed by atoms with Crippen molar-refractivity contribution in [3.05, 3.63) is 29.3 Å². The minimum atomic E-state index is -3.86. The standard InChI is InChI=1S/C15H20ClNO4S/c16-12-6-8-13(9-7-12)22(20,21)17-14(15(18)19)10-11-4-2-1-3-5-11/h6-9,11,14,17H,1-5,10H2,(H,18,19). The van der Waals surface area contributed by atoms with Gasteiger partial charge in [0.25, 0.3) is 0 Å². The smallest absolute Gasteiger partial charge is 0.321 e. The molecule has 7 heteroatoms. The molecule has 2 rings (SSSR count). The highest BCUT2D eigenvalue weighted by atomic mass is 35.5. The molecule has 0 aliphatic heterocycles. The molecule has 0 radical (unpaired) electrons.